The first-order valence-electron chi connectivity index (χ1n) is 3.19. The zero-order chi connectivity index (χ0) is 8.74. The van der Waals surface area contributed by atoms with Gasteiger partial charge < -0.3 is 5.32 Å². The van der Waals surface area contributed by atoms with Crippen molar-refractivity contribution in [2.24, 2.45) is 0 Å². The number of hydrogen-bond donors (Lipinski definition) is 5. The van der Waals surface area contributed by atoms with Gasteiger partial charge in [0.25, 0.3) is 0 Å². The maximum Gasteiger partial charge on any atom is 0.541 e. The van der Waals surface area contributed by atoms with Crippen LogP contribution in [0.4, 0.5) is 0 Å². The Kier molecular flexibility index (Phi) is 6.27. The van der Waals surface area contributed by atoms with Crippen LogP contribution < -0.4 is 10.0 Å². The van der Waals surface area contributed by atoms with E-state index in [0.29, 0.717) is 17.7 Å². The highest BCUT2D eigenvalue weighted by Gasteiger charge is 2.18. The summed E-state index contributed by atoms with van der Waals surface area (Å²) in [5, 5.41) is 2.94. The van der Waals surface area contributed by atoms with Crippen LogP contribution in [-0.4, -0.2) is 34.8 Å². The molecule has 0 aliphatic heterocycles. The van der Waals surface area contributed by atoms with Crippen molar-refractivity contribution in [3.63, 3.8) is 0 Å². The number of hydrogen-bond acceptors (Lipinski definition) is 1. The highest BCUT2D eigenvalue weighted by atomic mass is 32.5. The zero-order valence-corrected chi connectivity index (χ0v) is 8.03. The van der Waals surface area contributed by atoms with Crippen molar-refractivity contribution < 1.29 is 14.7 Å². The molecule has 0 radical (unpaired) electrons. The van der Waals surface area contributed by atoms with E-state index in [0.717, 1.165) is 13.0 Å². The SMILES string of the molecule is CNCCCN[S+]=P(O)(O)O. The third kappa shape index (κ3) is 10.4. The van der Waals surface area contributed by atoms with E-state index in [9.17, 15) is 0 Å². The summed E-state index contributed by atoms with van der Waals surface area (Å²) in [5.41, 5.74) is 0. The summed E-state index contributed by atoms with van der Waals surface area (Å²) >= 11 is 0.584. The van der Waals surface area contributed by atoms with Crippen molar-refractivity contribution in [2.45, 2.75) is 6.42 Å². The first kappa shape index (κ1) is 11.4. The first-order valence-corrected chi connectivity index (χ1v) is 6.26. The van der Waals surface area contributed by atoms with E-state index in [2.05, 4.69) is 10.0 Å². The average molecular weight is 201 g/mol. The summed E-state index contributed by atoms with van der Waals surface area (Å²) in [5.74, 6) is 0. The van der Waals surface area contributed by atoms with Gasteiger partial charge in [-0.25, -0.2) is 0 Å². The Bertz CT molecular complexity index is 140. The number of rotatable bonds is 5. The van der Waals surface area contributed by atoms with Gasteiger partial charge in [0.15, 0.2) is 0 Å². The molecular formula is C4H14N2O3PS+. The molecule has 7 heteroatoms. The third-order valence-electron chi connectivity index (χ3n) is 0.893. The van der Waals surface area contributed by atoms with Gasteiger partial charge in [0.2, 0.25) is 0 Å². The maximum atomic E-state index is 8.48. The van der Waals surface area contributed by atoms with Gasteiger partial charge in [0.1, 0.15) is 0 Å². The second-order valence-corrected chi connectivity index (χ2v) is 5.47. The molecule has 0 heterocycles. The topological polar surface area (TPSA) is 84.8 Å². The van der Waals surface area contributed by atoms with Crippen LogP contribution in [-0.2, 0) is 11.1 Å². The summed E-state index contributed by atoms with van der Waals surface area (Å²) < 4.78 is 2.64. The minimum Gasteiger partial charge on any atom is -0.320 e. The van der Waals surface area contributed by atoms with E-state index in [1.54, 1.807) is 0 Å². The van der Waals surface area contributed by atoms with Crippen LogP contribution in [0.1, 0.15) is 6.42 Å². The van der Waals surface area contributed by atoms with Gasteiger partial charge in [-0.3, -0.25) is 14.7 Å². The van der Waals surface area contributed by atoms with Crippen LogP contribution in [0, 0.1) is 0 Å². The summed E-state index contributed by atoms with van der Waals surface area (Å²) in [4.78, 5) is 25.4. The molecule has 0 fully saturated rings. The van der Waals surface area contributed by atoms with E-state index < -0.39 is 6.72 Å². The third-order valence-corrected chi connectivity index (χ3v) is 2.59. The lowest BCUT2D eigenvalue weighted by atomic mass is 10.4. The largest absolute Gasteiger partial charge is 0.541 e. The molecule has 0 rings (SSSR count). The molecule has 5 N–H and O–H groups in total. The second-order valence-electron chi connectivity index (χ2n) is 1.96. The molecule has 0 aliphatic rings. The summed E-state index contributed by atoms with van der Waals surface area (Å²) in [6.07, 6.45) is 0.878. The van der Waals surface area contributed by atoms with E-state index in [4.69, 9.17) is 14.7 Å². The van der Waals surface area contributed by atoms with Crippen LogP contribution in [0.15, 0.2) is 0 Å². The molecule has 0 aromatic rings. The average Bonchev–Trinajstić information content (AvgIpc) is 1.85. The molecule has 0 aromatic carbocycles. The van der Waals surface area contributed by atoms with Crippen LogP contribution in [0.3, 0.4) is 0 Å². The van der Waals surface area contributed by atoms with Crippen molar-refractivity contribution in [1.82, 2.24) is 10.0 Å². The Hall–Kier alpha value is 0.450. The fourth-order valence-electron chi connectivity index (χ4n) is 0.470. The van der Waals surface area contributed by atoms with E-state index >= 15 is 0 Å². The van der Waals surface area contributed by atoms with Crippen LogP contribution >= 0.6 is 6.72 Å². The van der Waals surface area contributed by atoms with Crippen LogP contribution in [0.5, 0.6) is 0 Å². The predicted octanol–water partition coefficient (Wildman–Crippen LogP) is -1.16. The molecule has 0 aliphatic carbocycles. The quantitative estimate of drug-likeness (QED) is 0.168. The van der Waals surface area contributed by atoms with Crippen molar-refractivity contribution in [2.75, 3.05) is 20.1 Å². The van der Waals surface area contributed by atoms with E-state index in [-0.39, 0.29) is 0 Å². The van der Waals surface area contributed by atoms with Gasteiger partial charge in [0.05, 0.1) is 6.54 Å². The van der Waals surface area contributed by atoms with Gasteiger partial charge in [-0.15, -0.1) is 0 Å². The molecule has 11 heavy (non-hydrogen) atoms. The Morgan fingerprint density at radius 2 is 1.91 bits per heavy atom. The molecule has 5 nitrogen and oxygen atoms in total. The van der Waals surface area contributed by atoms with Crippen molar-refractivity contribution in [3.8, 4) is 0 Å². The Morgan fingerprint density at radius 1 is 1.27 bits per heavy atom. The maximum absolute atomic E-state index is 8.48. The Morgan fingerprint density at radius 3 is 2.36 bits per heavy atom. The van der Waals surface area contributed by atoms with E-state index in [1.165, 1.54) is 0 Å². The second kappa shape index (κ2) is 6.02. The smallest absolute Gasteiger partial charge is 0.320 e. The van der Waals surface area contributed by atoms with Crippen molar-refractivity contribution >= 4 is 17.8 Å². The van der Waals surface area contributed by atoms with Gasteiger partial charge in [-0.1, -0.05) is 4.72 Å². The molecule has 0 amide bonds. The molecule has 0 unspecified atom stereocenters. The Labute approximate surface area is 69.8 Å². The minimum atomic E-state index is -3.68. The highest BCUT2D eigenvalue weighted by molar-refractivity contribution is 8.15. The van der Waals surface area contributed by atoms with Gasteiger partial charge >= 0.3 is 17.8 Å². The number of nitrogens with one attached hydrogen (secondary N) is 2. The predicted molar refractivity (Wildman–Crippen MR) is 47.5 cm³/mol. The first-order chi connectivity index (χ1) is 5.06. The molecule has 0 bridgehead atoms. The molecule has 0 spiro atoms. The normalized spacial score (nSPS) is 11.6. The van der Waals surface area contributed by atoms with Crippen LogP contribution in [0.25, 0.3) is 0 Å². The lowest BCUT2D eigenvalue weighted by Crippen LogP contribution is -2.16. The summed E-state index contributed by atoms with van der Waals surface area (Å²) in [6.45, 7) is -2.18. The molecule has 0 aromatic heterocycles. The fraction of sp³-hybridized carbons (Fsp3) is 1.00. The molecule has 0 saturated heterocycles. The minimum absolute atomic E-state index is 0.584. The fourth-order valence-corrected chi connectivity index (χ4v) is 1.67. The Balaban J connectivity index is 3.28. The highest BCUT2D eigenvalue weighted by Crippen LogP contribution is 2.29. The zero-order valence-electron chi connectivity index (χ0n) is 6.32. The van der Waals surface area contributed by atoms with E-state index in [1.807, 2.05) is 7.05 Å². The van der Waals surface area contributed by atoms with Gasteiger partial charge in [-0.05, 0) is 20.0 Å². The summed E-state index contributed by atoms with van der Waals surface area (Å²) in [7, 11) is 1.84. The molecular weight excluding hydrogens is 187 g/mol. The van der Waals surface area contributed by atoms with Gasteiger partial charge in [0, 0.05) is 0 Å². The van der Waals surface area contributed by atoms with Crippen LogP contribution in [0.2, 0.25) is 0 Å². The molecule has 68 valence electrons. The standard InChI is InChI=1S/C4H14N2O3PS/c1-5-3-2-4-6-11-10(7,8)9/h5-9H,2-4H2,1H3/q+1. The molecule has 0 saturated carbocycles. The lowest BCUT2D eigenvalue weighted by Gasteiger charge is -1.92. The summed E-state index contributed by atoms with van der Waals surface area (Å²) in [6, 6.07) is 0. The van der Waals surface area contributed by atoms with Gasteiger partial charge in [-0.2, -0.15) is 0 Å². The lowest BCUT2D eigenvalue weighted by molar-refractivity contribution is 0.363. The molecule has 0 atom stereocenters. The van der Waals surface area contributed by atoms with Crippen molar-refractivity contribution in [3.05, 3.63) is 0 Å². The monoisotopic (exact) mass is 201 g/mol. The van der Waals surface area contributed by atoms with Crippen molar-refractivity contribution in [1.29, 1.82) is 0 Å².